The number of hydrogen-bond donors (Lipinski definition) is 0. The molecular weight excluding hydrogens is 162 g/mol. The minimum absolute atomic E-state index is 0.439. The van der Waals surface area contributed by atoms with Gasteiger partial charge in [0.2, 0.25) is 0 Å². The van der Waals surface area contributed by atoms with Gasteiger partial charge in [-0.1, -0.05) is 0 Å². The quantitative estimate of drug-likeness (QED) is 0.602. The van der Waals surface area contributed by atoms with Crippen LogP contribution in [0.25, 0.3) is 5.65 Å². The van der Waals surface area contributed by atoms with Crippen LogP contribution < -0.4 is 0 Å². The van der Waals surface area contributed by atoms with Crippen molar-refractivity contribution in [3.05, 3.63) is 30.5 Å². The van der Waals surface area contributed by atoms with Crippen LogP contribution in [0.3, 0.4) is 0 Å². The van der Waals surface area contributed by atoms with Crippen LogP contribution >= 0.6 is 11.6 Å². The average Bonchev–Trinajstić information content (AvgIpc) is 2.50. The van der Waals surface area contributed by atoms with E-state index >= 15 is 0 Å². The first-order valence-electron chi connectivity index (χ1n) is 3.24. The van der Waals surface area contributed by atoms with Crippen molar-refractivity contribution in [2.45, 2.75) is 5.88 Å². The molecular formula is C7H6ClN3. The lowest BCUT2D eigenvalue weighted by atomic mass is 10.5. The van der Waals surface area contributed by atoms with Gasteiger partial charge < -0.3 is 4.40 Å². The van der Waals surface area contributed by atoms with Gasteiger partial charge in [-0.05, 0) is 0 Å². The van der Waals surface area contributed by atoms with Crippen molar-refractivity contribution in [1.82, 2.24) is 14.4 Å². The van der Waals surface area contributed by atoms with E-state index < -0.39 is 0 Å². The molecule has 0 unspecified atom stereocenters. The number of aromatic nitrogens is 3. The molecule has 2 aromatic heterocycles. The van der Waals surface area contributed by atoms with Crippen molar-refractivity contribution in [1.29, 1.82) is 0 Å². The lowest BCUT2D eigenvalue weighted by molar-refractivity contribution is 1.06. The van der Waals surface area contributed by atoms with Crippen LogP contribution in [0.4, 0.5) is 0 Å². The summed E-state index contributed by atoms with van der Waals surface area (Å²) in [7, 11) is 0. The van der Waals surface area contributed by atoms with Crippen molar-refractivity contribution in [3.63, 3.8) is 0 Å². The Balaban J connectivity index is 2.67. The molecule has 0 bridgehead atoms. The molecule has 0 saturated heterocycles. The molecule has 4 heteroatoms. The summed E-state index contributed by atoms with van der Waals surface area (Å²) in [6.07, 6.45) is 7.18. The third kappa shape index (κ3) is 1.07. The highest BCUT2D eigenvalue weighted by Crippen LogP contribution is 2.02. The predicted octanol–water partition coefficient (Wildman–Crippen LogP) is 1.47. The van der Waals surface area contributed by atoms with E-state index in [2.05, 4.69) is 9.97 Å². The first-order valence-corrected chi connectivity index (χ1v) is 3.77. The maximum absolute atomic E-state index is 5.60. The number of rotatable bonds is 1. The monoisotopic (exact) mass is 167 g/mol. The number of nitrogens with zero attached hydrogens (tertiary/aromatic N) is 3. The Morgan fingerprint density at radius 3 is 3.18 bits per heavy atom. The van der Waals surface area contributed by atoms with Crippen LogP contribution in [0.1, 0.15) is 5.69 Å². The molecule has 0 aliphatic rings. The smallest absolute Gasteiger partial charge is 0.155 e. The molecule has 11 heavy (non-hydrogen) atoms. The second-order valence-electron chi connectivity index (χ2n) is 2.20. The zero-order valence-corrected chi connectivity index (χ0v) is 6.49. The second-order valence-corrected chi connectivity index (χ2v) is 2.47. The molecule has 0 aliphatic carbocycles. The topological polar surface area (TPSA) is 30.2 Å². The van der Waals surface area contributed by atoms with Gasteiger partial charge >= 0.3 is 0 Å². The van der Waals surface area contributed by atoms with Gasteiger partial charge in [0.25, 0.3) is 0 Å². The van der Waals surface area contributed by atoms with Crippen LogP contribution in [0.5, 0.6) is 0 Å². The second kappa shape index (κ2) is 2.51. The molecule has 0 aromatic carbocycles. The molecule has 2 rings (SSSR count). The Hall–Kier alpha value is -1.09. The zero-order chi connectivity index (χ0) is 7.68. The van der Waals surface area contributed by atoms with Crippen molar-refractivity contribution >= 4 is 17.2 Å². The first-order chi connectivity index (χ1) is 5.40. The minimum Gasteiger partial charge on any atom is -0.304 e. The lowest BCUT2D eigenvalue weighted by Crippen LogP contribution is -1.90. The standard InChI is InChI=1S/C7H6ClN3/c8-3-6-5-11-2-1-9-7(11)4-10-6/h1-2,4-5H,3H2. The number of imidazole rings is 1. The zero-order valence-electron chi connectivity index (χ0n) is 5.74. The van der Waals surface area contributed by atoms with Gasteiger partial charge in [0.1, 0.15) is 0 Å². The molecule has 3 nitrogen and oxygen atoms in total. The van der Waals surface area contributed by atoms with Gasteiger partial charge in [-0.2, -0.15) is 0 Å². The van der Waals surface area contributed by atoms with E-state index in [1.54, 1.807) is 12.4 Å². The average molecular weight is 168 g/mol. The van der Waals surface area contributed by atoms with Gasteiger partial charge in [-0.15, -0.1) is 11.6 Å². The summed E-state index contributed by atoms with van der Waals surface area (Å²) in [6, 6.07) is 0. The Labute approximate surface area is 68.7 Å². The SMILES string of the molecule is ClCc1cn2ccnc2cn1. The molecule has 0 radical (unpaired) electrons. The third-order valence-electron chi connectivity index (χ3n) is 1.47. The van der Waals surface area contributed by atoms with Crippen molar-refractivity contribution in [3.8, 4) is 0 Å². The van der Waals surface area contributed by atoms with Crippen LogP contribution in [0.2, 0.25) is 0 Å². The van der Waals surface area contributed by atoms with Gasteiger partial charge in [-0.3, -0.25) is 4.98 Å². The number of hydrogen-bond acceptors (Lipinski definition) is 2. The van der Waals surface area contributed by atoms with E-state index in [0.29, 0.717) is 5.88 Å². The molecule has 0 saturated carbocycles. The lowest BCUT2D eigenvalue weighted by Gasteiger charge is -1.94. The molecule has 0 N–H and O–H groups in total. The fourth-order valence-electron chi connectivity index (χ4n) is 0.937. The van der Waals surface area contributed by atoms with Crippen LogP contribution in [0.15, 0.2) is 24.8 Å². The Bertz CT molecular complexity index is 368. The molecule has 56 valence electrons. The first kappa shape index (κ1) is 6.61. The van der Waals surface area contributed by atoms with Gasteiger partial charge in [0.15, 0.2) is 5.65 Å². The normalized spacial score (nSPS) is 10.6. The minimum atomic E-state index is 0.439. The number of halogens is 1. The summed E-state index contributed by atoms with van der Waals surface area (Å²) in [4.78, 5) is 8.13. The van der Waals surface area contributed by atoms with E-state index in [-0.39, 0.29) is 0 Å². The van der Waals surface area contributed by atoms with E-state index in [0.717, 1.165) is 11.3 Å². The van der Waals surface area contributed by atoms with Crippen molar-refractivity contribution in [2.24, 2.45) is 0 Å². The molecule has 0 aliphatic heterocycles. The summed E-state index contributed by atoms with van der Waals surface area (Å²) in [5, 5.41) is 0. The van der Waals surface area contributed by atoms with E-state index in [9.17, 15) is 0 Å². The molecule has 0 spiro atoms. The van der Waals surface area contributed by atoms with Crippen molar-refractivity contribution < 1.29 is 0 Å². The molecule has 0 amide bonds. The number of alkyl halides is 1. The largest absolute Gasteiger partial charge is 0.304 e. The highest BCUT2D eigenvalue weighted by molar-refractivity contribution is 6.16. The summed E-state index contributed by atoms with van der Waals surface area (Å²) in [6.45, 7) is 0. The van der Waals surface area contributed by atoms with E-state index in [1.165, 1.54) is 0 Å². The van der Waals surface area contributed by atoms with Crippen molar-refractivity contribution in [2.75, 3.05) is 0 Å². The molecule has 0 fully saturated rings. The van der Waals surface area contributed by atoms with E-state index in [1.807, 2.05) is 16.8 Å². The van der Waals surface area contributed by atoms with E-state index in [4.69, 9.17) is 11.6 Å². The summed E-state index contributed by atoms with van der Waals surface area (Å²) in [5.41, 5.74) is 1.70. The Morgan fingerprint density at radius 2 is 2.36 bits per heavy atom. The van der Waals surface area contributed by atoms with Crippen LogP contribution in [0, 0.1) is 0 Å². The maximum atomic E-state index is 5.60. The Morgan fingerprint density at radius 1 is 1.45 bits per heavy atom. The third-order valence-corrected chi connectivity index (χ3v) is 1.74. The van der Waals surface area contributed by atoms with Crippen LogP contribution in [-0.4, -0.2) is 14.4 Å². The summed E-state index contributed by atoms with van der Waals surface area (Å²) < 4.78 is 1.89. The highest BCUT2D eigenvalue weighted by Gasteiger charge is 1.95. The molecule has 0 atom stereocenters. The maximum Gasteiger partial charge on any atom is 0.155 e. The summed E-state index contributed by atoms with van der Waals surface area (Å²) in [5.74, 6) is 0.439. The number of fused-ring (bicyclic) bond motifs is 1. The van der Waals surface area contributed by atoms with Gasteiger partial charge in [-0.25, -0.2) is 4.98 Å². The fraction of sp³-hybridized carbons (Fsp3) is 0.143. The Kier molecular flexibility index (Phi) is 1.51. The molecule has 2 heterocycles. The summed E-state index contributed by atoms with van der Waals surface area (Å²) >= 11 is 5.60. The van der Waals surface area contributed by atoms with Crippen LogP contribution in [-0.2, 0) is 5.88 Å². The van der Waals surface area contributed by atoms with Gasteiger partial charge in [0, 0.05) is 18.6 Å². The highest BCUT2D eigenvalue weighted by atomic mass is 35.5. The predicted molar refractivity (Wildman–Crippen MR) is 42.5 cm³/mol. The molecule has 2 aromatic rings. The fourth-order valence-corrected chi connectivity index (χ4v) is 1.08. The van der Waals surface area contributed by atoms with Gasteiger partial charge in [0.05, 0.1) is 17.8 Å².